The molecule has 0 aromatic heterocycles. The van der Waals surface area contributed by atoms with E-state index in [0.29, 0.717) is 10.2 Å². The molecule has 1 aromatic carbocycles. The van der Waals surface area contributed by atoms with E-state index in [4.69, 9.17) is 9.47 Å². The van der Waals surface area contributed by atoms with Gasteiger partial charge in [0.15, 0.2) is 11.5 Å². The Hall–Kier alpha value is -1.32. The number of methoxy groups -OCH3 is 3. The fourth-order valence-corrected chi connectivity index (χ4v) is 3.64. The summed E-state index contributed by atoms with van der Waals surface area (Å²) >= 11 is 3.18. The lowest BCUT2D eigenvalue weighted by atomic mass is 10.3. The summed E-state index contributed by atoms with van der Waals surface area (Å²) < 4.78 is 40.8. The van der Waals surface area contributed by atoms with Gasteiger partial charge >= 0.3 is 5.97 Å². The third-order valence-electron chi connectivity index (χ3n) is 2.71. The van der Waals surface area contributed by atoms with Crippen molar-refractivity contribution in [2.45, 2.75) is 4.90 Å². The Kier molecular flexibility index (Phi) is 5.99. The summed E-state index contributed by atoms with van der Waals surface area (Å²) in [5.41, 5.74) is 0. The second-order valence-corrected chi connectivity index (χ2v) is 6.84. The highest BCUT2D eigenvalue weighted by Gasteiger charge is 2.27. The van der Waals surface area contributed by atoms with Gasteiger partial charge in [0.1, 0.15) is 11.4 Å². The van der Waals surface area contributed by atoms with E-state index in [0.717, 1.165) is 4.31 Å². The molecule has 0 spiro atoms. The minimum Gasteiger partial charge on any atom is -0.493 e. The molecule has 0 aliphatic carbocycles. The first-order chi connectivity index (χ1) is 9.77. The van der Waals surface area contributed by atoms with Crippen molar-refractivity contribution in [2.75, 3.05) is 34.9 Å². The van der Waals surface area contributed by atoms with Crippen LogP contribution in [-0.4, -0.2) is 53.6 Å². The molecule has 1 aromatic rings. The SMILES string of the molecule is COC(=O)CN(C)S(=O)(=O)c1cc(OC)c(OC)cc1Br. The Morgan fingerprint density at radius 2 is 1.71 bits per heavy atom. The standard InChI is InChI=1S/C12H16BrNO6S/c1-14(7-12(15)20-4)21(16,17)11-6-10(19-3)9(18-2)5-8(11)13/h5-6H,7H2,1-4H3. The summed E-state index contributed by atoms with van der Waals surface area (Å²) in [6.45, 7) is -0.389. The zero-order valence-electron chi connectivity index (χ0n) is 12.0. The summed E-state index contributed by atoms with van der Waals surface area (Å²) in [4.78, 5) is 11.2. The molecule has 0 heterocycles. The van der Waals surface area contributed by atoms with Crippen LogP contribution in [0.15, 0.2) is 21.5 Å². The molecule has 0 saturated heterocycles. The highest BCUT2D eigenvalue weighted by molar-refractivity contribution is 9.10. The Balaban J connectivity index is 3.28. The molecule has 0 bridgehead atoms. The number of carbonyl (C=O) groups is 1. The lowest BCUT2D eigenvalue weighted by Crippen LogP contribution is -2.33. The number of rotatable bonds is 6. The predicted octanol–water partition coefficient (Wildman–Crippen LogP) is 1.26. The number of nitrogens with zero attached hydrogens (tertiary/aromatic N) is 1. The summed E-state index contributed by atoms with van der Waals surface area (Å²) in [7, 11) is 1.44. The van der Waals surface area contributed by atoms with Crippen LogP contribution in [-0.2, 0) is 19.6 Å². The fourth-order valence-electron chi connectivity index (χ4n) is 1.53. The first-order valence-electron chi connectivity index (χ1n) is 5.72. The molecule has 0 aliphatic rings. The molecule has 21 heavy (non-hydrogen) atoms. The van der Waals surface area contributed by atoms with Gasteiger partial charge in [-0.2, -0.15) is 4.31 Å². The van der Waals surface area contributed by atoms with E-state index < -0.39 is 16.0 Å². The number of esters is 1. The van der Waals surface area contributed by atoms with Crippen molar-refractivity contribution in [3.8, 4) is 11.5 Å². The van der Waals surface area contributed by atoms with E-state index in [-0.39, 0.29) is 17.2 Å². The molecular weight excluding hydrogens is 366 g/mol. The maximum atomic E-state index is 12.5. The molecule has 0 N–H and O–H groups in total. The zero-order valence-corrected chi connectivity index (χ0v) is 14.4. The maximum absolute atomic E-state index is 12.5. The minimum atomic E-state index is -3.88. The molecule has 1 rings (SSSR count). The van der Waals surface area contributed by atoms with Gasteiger partial charge in [0, 0.05) is 17.6 Å². The molecule has 0 atom stereocenters. The number of hydrogen-bond acceptors (Lipinski definition) is 6. The van der Waals surface area contributed by atoms with Crippen LogP contribution in [0.2, 0.25) is 0 Å². The van der Waals surface area contributed by atoms with Gasteiger partial charge in [-0.15, -0.1) is 0 Å². The Bertz CT molecular complexity index is 631. The summed E-state index contributed by atoms with van der Waals surface area (Å²) in [5.74, 6) is 0.00219. The lowest BCUT2D eigenvalue weighted by molar-refractivity contribution is -0.140. The Labute approximate surface area is 132 Å². The molecule has 0 aliphatic heterocycles. The van der Waals surface area contributed by atoms with Crippen molar-refractivity contribution in [3.63, 3.8) is 0 Å². The van der Waals surface area contributed by atoms with Crippen molar-refractivity contribution in [1.29, 1.82) is 0 Å². The van der Waals surface area contributed by atoms with Gasteiger partial charge in [-0.3, -0.25) is 4.79 Å². The Morgan fingerprint density at radius 1 is 1.19 bits per heavy atom. The van der Waals surface area contributed by atoms with E-state index in [1.165, 1.54) is 40.5 Å². The second kappa shape index (κ2) is 7.10. The van der Waals surface area contributed by atoms with Gasteiger partial charge in [-0.1, -0.05) is 0 Å². The van der Waals surface area contributed by atoms with Crippen LogP contribution < -0.4 is 9.47 Å². The largest absolute Gasteiger partial charge is 0.493 e. The smallest absolute Gasteiger partial charge is 0.321 e. The summed E-state index contributed by atoms with van der Waals surface area (Å²) in [6, 6.07) is 2.81. The van der Waals surface area contributed by atoms with Crippen LogP contribution in [0.25, 0.3) is 0 Å². The molecule has 0 radical (unpaired) electrons. The molecular formula is C12H16BrNO6S. The van der Waals surface area contributed by atoms with Crippen LogP contribution in [0.1, 0.15) is 0 Å². The summed E-state index contributed by atoms with van der Waals surface area (Å²) in [5, 5.41) is 0. The van der Waals surface area contributed by atoms with Gasteiger partial charge < -0.3 is 14.2 Å². The molecule has 0 unspecified atom stereocenters. The van der Waals surface area contributed by atoms with E-state index in [9.17, 15) is 13.2 Å². The highest BCUT2D eigenvalue weighted by Crippen LogP contribution is 2.36. The third-order valence-corrected chi connectivity index (χ3v) is 5.47. The van der Waals surface area contributed by atoms with Gasteiger partial charge in [-0.05, 0) is 22.0 Å². The van der Waals surface area contributed by atoms with Gasteiger partial charge in [0.2, 0.25) is 10.0 Å². The van der Waals surface area contributed by atoms with Crippen LogP contribution in [0.4, 0.5) is 0 Å². The number of hydrogen-bond donors (Lipinski definition) is 0. The Morgan fingerprint density at radius 3 is 2.19 bits per heavy atom. The number of likely N-dealkylation sites (N-methyl/N-ethyl adjacent to an activating group) is 1. The molecule has 118 valence electrons. The highest BCUT2D eigenvalue weighted by atomic mass is 79.9. The average molecular weight is 382 g/mol. The first-order valence-corrected chi connectivity index (χ1v) is 7.96. The minimum absolute atomic E-state index is 0.0356. The van der Waals surface area contributed by atoms with Crippen molar-refractivity contribution >= 4 is 31.9 Å². The molecule has 0 fully saturated rings. The lowest BCUT2D eigenvalue weighted by Gasteiger charge is -2.18. The third kappa shape index (κ3) is 3.86. The predicted molar refractivity (Wildman–Crippen MR) is 79.1 cm³/mol. The van der Waals surface area contributed by atoms with Crippen molar-refractivity contribution in [1.82, 2.24) is 4.31 Å². The van der Waals surface area contributed by atoms with Crippen molar-refractivity contribution in [3.05, 3.63) is 16.6 Å². The fraction of sp³-hybridized carbons (Fsp3) is 0.417. The van der Waals surface area contributed by atoms with Crippen molar-refractivity contribution in [2.24, 2.45) is 0 Å². The second-order valence-electron chi connectivity index (χ2n) is 3.97. The van der Waals surface area contributed by atoms with Gasteiger partial charge in [0.25, 0.3) is 0 Å². The van der Waals surface area contributed by atoms with Gasteiger partial charge in [-0.25, -0.2) is 8.42 Å². The van der Waals surface area contributed by atoms with E-state index in [2.05, 4.69) is 20.7 Å². The normalized spacial score (nSPS) is 11.3. The van der Waals surface area contributed by atoms with E-state index in [1.807, 2.05) is 0 Å². The quantitative estimate of drug-likeness (QED) is 0.689. The van der Waals surface area contributed by atoms with Crippen LogP contribution in [0, 0.1) is 0 Å². The van der Waals surface area contributed by atoms with Crippen LogP contribution in [0.5, 0.6) is 11.5 Å². The van der Waals surface area contributed by atoms with Gasteiger partial charge in [0.05, 0.1) is 21.3 Å². The number of benzene rings is 1. The number of carbonyl (C=O) groups excluding carboxylic acids is 1. The van der Waals surface area contributed by atoms with E-state index >= 15 is 0 Å². The topological polar surface area (TPSA) is 82.1 Å². The molecule has 9 heteroatoms. The molecule has 7 nitrogen and oxygen atoms in total. The number of sulfonamides is 1. The monoisotopic (exact) mass is 381 g/mol. The molecule has 0 amide bonds. The zero-order chi connectivity index (χ0) is 16.2. The number of ether oxygens (including phenoxy) is 3. The summed E-state index contributed by atoms with van der Waals surface area (Å²) in [6.07, 6.45) is 0. The first kappa shape index (κ1) is 17.7. The number of halogens is 1. The van der Waals surface area contributed by atoms with Crippen LogP contribution >= 0.6 is 15.9 Å². The van der Waals surface area contributed by atoms with Crippen LogP contribution in [0.3, 0.4) is 0 Å². The van der Waals surface area contributed by atoms with Crippen molar-refractivity contribution < 1.29 is 27.4 Å². The maximum Gasteiger partial charge on any atom is 0.321 e. The molecule has 0 saturated carbocycles. The average Bonchev–Trinajstić information content (AvgIpc) is 2.46. The van der Waals surface area contributed by atoms with E-state index in [1.54, 1.807) is 0 Å².